The molecule has 0 radical (unpaired) electrons. The molecule has 1 aromatic heterocycles. The average Bonchev–Trinajstić information content (AvgIpc) is 2.34. The molecule has 0 spiro atoms. The van der Waals surface area contributed by atoms with Gasteiger partial charge in [0, 0.05) is 15.7 Å². The van der Waals surface area contributed by atoms with Crippen LogP contribution in [0.3, 0.4) is 0 Å². The first-order valence-electron chi connectivity index (χ1n) is 5.36. The van der Waals surface area contributed by atoms with Gasteiger partial charge in [-0.1, -0.05) is 6.07 Å². The van der Waals surface area contributed by atoms with E-state index in [0.29, 0.717) is 5.56 Å². The van der Waals surface area contributed by atoms with Crippen LogP contribution in [0.1, 0.15) is 16.1 Å². The molecule has 1 amide bonds. The van der Waals surface area contributed by atoms with Gasteiger partial charge < -0.3 is 11.1 Å². The van der Waals surface area contributed by atoms with E-state index < -0.39 is 5.91 Å². The number of carbonyl (C=O) groups excluding carboxylic acids is 1. The molecule has 0 fully saturated rings. The summed E-state index contributed by atoms with van der Waals surface area (Å²) in [4.78, 5) is 15.4. The van der Waals surface area contributed by atoms with E-state index in [1.807, 2.05) is 25.1 Å². The lowest BCUT2D eigenvalue weighted by molar-refractivity contribution is 0.100. The largest absolute Gasteiger partial charge is 0.366 e. The van der Waals surface area contributed by atoms with E-state index in [1.165, 1.54) is 0 Å². The maximum absolute atomic E-state index is 11.1. The van der Waals surface area contributed by atoms with Crippen molar-refractivity contribution in [2.75, 3.05) is 5.32 Å². The number of halogens is 1. The number of carbonyl (C=O) groups is 1. The average molecular weight is 306 g/mol. The van der Waals surface area contributed by atoms with E-state index in [1.54, 1.807) is 18.2 Å². The molecule has 0 atom stereocenters. The molecule has 0 unspecified atom stereocenters. The van der Waals surface area contributed by atoms with E-state index in [9.17, 15) is 4.79 Å². The summed E-state index contributed by atoms with van der Waals surface area (Å²) < 4.78 is 0.957. The summed E-state index contributed by atoms with van der Waals surface area (Å²) in [5.74, 6) is 0.274. The van der Waals surface area contributed by atoms with E-state index in [0.717, 1.165) is 21.7 Å². The molecule has 0 bridgehead atoms. The SMILES string of the molecule is Cc1nc(Nc2cccc(C(N)=O)c2)ccc1Br. The normalized spacial score (nSPS) is 10.1. The molecule has 5 heteroatoms. The second-order valence-electron chi connectivity index (χ2n) is 3.83. The van der Waals surface area contributed by atoms with Gasteiger partial charge in [-0.15, -0.1) is 0 Å². The molecule has 2 aromatic rings. The molecule has 0 aliphatic rings. The second kappa shape index (κ2) is 5.18. The molecule has 0 aliphatic carbocycles. The zero-order valence-electron chi connectivity index (χ0n) is 9.77. The second-order valence-corrected chi connectivity index (χ2v) is 4.69. The number of nitrogens with two attached hydrogens (primary N) is 1. The van der Waals surface area contributed by atoms with Gasteiger partial charge in [0.05, 0.1) is 5.69 Å². The number of aryl methyl sites for hydroxylation is 1. The number of amides is 1. The van der Waals surface area contributed by atoms with Crippen LogP contribution in [0.4, 0.5) is 11.5 Å². The Morgan fingerprint density at radius 1 is 1.33 bits per heavy atom. The van der Waals surface area contributed by atoms with Gasteiger partial charge in [-0.05, 0) is 53.2 Å². The van der Waals surface area contributed by atoms with E-state index >= 15 is 0 Å². The summed E-state index contributed by atoms with van der Waals surface area (Å²) in [6, 6.07) is 10.8. The summed E-state index contributed by atoms with van der Waals surface area (Å²) in [7, 11) is 0. The first kappa shape index (κ1) is 12.6. The van der Waals surface area contributed by atoms with Crippen molar-refractivity contribution in [3.8, 4) is 0 Å². The van der Waals surface area contributed by atoms with Crippen LogP contribution >= 0.6 is 15.9 Å². The minimum absolute atomic E-state index is 0.446. The van der Waals surface area contributed by atoms with Gasteiger partial charge in [-0.3, -0.25) is 4.79 Å². The van der Waals surface area contributed by atoms with Gasteiger partial charge in [0.25, 0.3) is 0 Å². The van der Waals surface area contributed by atoms with Crippen LogP contribution < -0.4 is 11.1 Å². The third-order valence-electron chi connectivity index (χ3n) is 2.44. The predicted octanol–water partition coefficient (Wildman–Crippen LogP) is 3.00. The summed E-state index contributed by atoms with van der Waals surface area (Å²) in [6.07, 6.45) is 0. The molecule has 92 valence electrons. The van der Waals surface area contributed by atoms with Gasteiger partial charge in [-0.25, -0.2) is 4.98 Å². The zero-order chi connectivity index (χ0) is 13.1. The van der Waals surface area contributed by atoms with Crippen molar-refractivity contribution in [2.24, 2.45) is 5.73 Å². The summed E-state index contributed by atoms with van der Waals surface area (Å²) in [5, 5.41) is 3.13. The summed E-state index contributed by atoms with van der Waals surface area (Å²) >= 11 is 3.39. The number of hydrogen-bond acceptors (Lipinski definition) is 3. The maximum atomic E-state index is 11.1. The number of aromatic nitrogens is 1. The number of nitrogens with zero attached hydrogens (tertiary/aromatic N) is 1. The fraction of sp³-hybridized carbons (Fsp3) is 0.0769. The van der Waals surface area contributed by atoms with E-state index in [2.05, 4.69) is 26.2 Å². The van der Waals surface area contributed by atoms with Gasteiger partial charge in [0.1, 0.15) is 5.82 Å². The number of benzene rings is 1. The van der Waals surface area contributed by atoms with Crippen LogP contribution in [0, 0.1) is 6.92 Å². The highest BCUT2D eigenvalue weighted by molar-refractivity contribution is 9.10. The Labute approximate surface area is 113 Å². The number of anilines is 2. The summed E-state index contributed by atoms with van der Waals surface area (Å²) in [6.45, 7) is 1.91. The van der Waals surface area contributed by atoms with Crippen LogP contribution in [0.5, 0.6) is 0 Å². The Morgan fingerprint density at radius 3 is 2.78 bits per heavy atom. The van der Waals surface area contributed by atoms with Crippen LogP contribution in [0.2, 0.25) is 0 Å². The first-order valence-corrected chi connectivity index (χ1v) is 6.15. The van der Waals surface area contributed by atoms with Crippen molar-refractivity contribution in [2.45, 2.75) is 6.92 Å². The lowest BCUT2D eigenvalue weighted by Crippen LogP contribution is -2.10. The monoisotopic (exact) mass is 305 g/mol. The lowest BCUT2D eigenvalue weighted by atomic mass is 10.2. The molecule has 4 nitrogen and oxygen atoms in total. The van der Waals surface area contributed by atoms with Crippen LogP contribution in [-0.2, 0) is 0 Å². The van der Waals surface area contributed by atoms with E-state index in [4.69, 9.17) is 5.73 Å². The van der Waals surface area contributed by atoms with Crippen LogP contribution in [-0.4, -0.2) is 10.9 Å². The topological polar surface area (TPSA) is 68.0 Å². The number of rotatable bonds is 3. The Bertz CT molecular complexity index is 599. The van der Waals surface area contributed by atoms with Crippen molar-refractivity contribution in [1.29, 1.82) is 0 Å². The van der Waals surface area contributed by atoms with Crippen molar-refractivity contribution >= 4 is 33.3 Å². The van der Waals surface area contributed by atoms with Gasteiger partial charge in [0.15, 0.2) is 0 Å². The number of primary amides is 1. The minimum Gasteiger partial charge on any atom is -0.366 e. The molecule has 0 saturated heterocycles. The molecular formula is C13H12BrN3O. The Kier molecular flexibility index (Phi) is 3.62. The van der Waals surface area contributed by atoms with Crippen molar-refractivity contribution in [3.05, 3.63) is 52.1 Å². The molecule has 0 saturated carbocycles. The number of hydrogen-bond donors (Lipinski definition) is 2. The molecule has 1 heterocycles. The summed E-state index contributed by atoms with van der Waals surface area (Å²) in [5.41, 5.74) is 7.37. The highest BCUT2D eigenvalue weighted by atomic mass is 79.9. The number of pyridine rings is 1. The molecule has 1 aromatic carbocycles. The Hall–Kier alpha value is -1.88. The standard InChI is InChI=1S/C13H12BrN3O/c1-8-11(14)5-6-12(16-8)17-10-4-2-3-9(7-10)13(15)18/h2-7H,1H3,(H2,15,18)(H,16,17). The van der Waals surface area contributed by atoms with Crippen molar-refractivity contribution in [3.63, 3.8) is 0 Å². The maximum Gasteiger partial charge on any atom is 0.248 e. The fourth-order valence-corrected chi connectivity index (χ4v) is 1.73. The molecule has 0 aliphatic heterocycles. The lowest BCUT2D eigenvalue weighted by Gasteiger charge is -2.08. The third-order valence-corrected chi connectivity index (χ3v) is 3.28. The van der Waals surface area contributed by atoms with Crippen molar-refractivity contribution < 1.29 is 4.79 Å². The van der Waals surface area contributed by atoms with E-state index in [-0.39, 0.29) is 0 Å². The fourth-order valence-electron chi connectivity index (χ4n) is 1.51. The minimum atomic E-state index is -0.446. The Morgan fingerprint density at radius 2 is 2.11 bits per heavy atom. The smallest absolute Gasteiger partial charge is 0.248 e. The van der Waals surface area contributed by atoms with Crippen LogP contribution in [0.25, 0.3) is 0 Å². The Balaban J connectivity index is 2.25. The molecule has 18 heavy (non-hydrogen) atoms. The highest BCUT2D eigenvalue weighted by Crippen LogP contribution is 2.20. The molecular weight excluding hydrogens is 294 g/mol. The van der Waals surface area contributed by atoms with Crippen molar-refractivity contribution in [1.82, 2.24) is 4.98 Å². The molecule has 2 rings (SSSR count). The highest BCUT2D eigenvalue weighted by Gasteiger charge is 2.03. The predicted molar refractivity (Wildman–Crippen MR) is 74.9 cm³/mol. The third kappa shape index (κ3) is 2.87. The zero-order valence-corrected chi connectivity index (χ0v) is 11.4. The van der Waals surface area contributed by atoms with Gasteiger partial charge >= 0.3 is 0 Å². The van der Waals surface area contributed by atoms with Gasteiger partial charge in [0.2, 0.25) is 5.91 Å². The molecule has 3 N–H and O–H groups in total. The first-order chi connectivity index (χ1) is 8.56. The van der Waals surface area contributed by atoms with Crippen LogP contribution in [0.15, 0.2) is 40.9 Å². The number of nitrogens with one attached hydrogen (secondary N) is 1. The van der Waals surface area contributed by atoms with Gasteiger partial charge in [-0.2, -0.15) is 0 Å². The quantitative estimate of drug-likeness (QED) is 0.916.